The molecule has 1 atom stereocenters. The Morgan fingerprint density at radius 2 is 2.18 bits per heavy atom. The predicted molar refractivity (Wildman–Crippen MR) is 86.4 cm³/mol. The van der Waals surface area contributed by atoms with Gasteiger partial charge in [-0.05, 0) is 23.1 Å². The average Bonchev–Trinajstić information content (AvgIpc) is 2.97. The Morgan fingerprint density at radius 3 is 2.91 bits per heavy atom. The molecule has 1 amide bonds. The fourth-order valence-corrected chi connectivity index (χ4v) is 3.19. The maximum atomic E-state index is 12.5. The fourth-order valence-electron chi connectivity index (χ4n) is 3.19. The molecule has 0 saturated carbocycles. The van der Waals surface area contributed by atoms with Crippen molar-refractivity contribution in [2.45, 2.75) is 38.6 Å². The van der Waals surface area contributed by atoms with Crippen LogP contribution < -0.4 is 0 Å². The van der Waals surface area contributed by atoms with Gasteiger partial charge in [0.2, 0.25) is 5.91 Å². The lowest BCUT2D eigenvalue weighted by Gasteiger charge is -2.34. The van der Waals surface area contributed by atoms with Gasteiger partial charge in [0.15, 0.2) is 0 Å². The molecule has 0 radical (unpaired) electrons. The number of fused-ring (bicyclic) bond motifs is 1. The van der Waals surface area contributed by atoms with Crippen molar-refractivity contribution in [1.82, 2.24) is 14.7 Å². The van der Waals surface area contributed by atoms with Crippen molar-refractivity contribution in [1.29, 1.82) is 0 Å². The maximum absolute atomic E-state index is 12.5. The van der Waals surface area contributed by atoms with Crippen molar-refractivity contribution in [2.75, 3.05) is 6.54 Å². The van der Waals surface area contributed by atoms with Gasteiger partial charge in [0.25, 0.3) is 0 Å². The number of hydrogen-bond acceptors (Lipinski definition) is 2. The maximum Gasteiger partial charge on any atom is 0.222 e. The van der Waals surface area contributed by atoms with Gasteiger partial charge in [-0.15, -0.1) is 0 Å². The molecule has 4 nitrogen and oxygen atoms in total. The summed E-state index contributed by atoms with van der Waals surface area (Å²) in [5.74, 6) is 0.495. The van der Waals surface area contributed by atoms with Gasteiger partial charge in [-0.25, -0.2) is 0 Å². The Hall–Kier alpha value is -2.10. The van der Waals surface area contributed by atoms with Gasteiger partial charge in [-0.3, -0.25) is 9.48 Å². The Kier molecular flexibility index (Phi) is 4.27. The first-order valence-corrected chi connectivity index (χ1v) is 8.03. The predicted octanol–water partition coefficient (Wildman–Crippen LogP) is 3.08. The second-order valence-corrected chi connectivity index (χ2v) is 6.08. The van der Waals surface area contributed by atoms with Crippen molar-refractivity contribution >= 4 is 5.91 Å². The molecule has 0 bridgehead atoms. The summed E-state index contributed by atoms with van der Waals surface area (Å²) in [5, 5.41) is 4.30. The molecule has 1 unspecified atom stereocenters. The van der Waals surface area contributed by atoms with Crippen LogP contribution in [-0.4, -0.2) is 27.1 Å². The third kappa shape index (κ3) is 2.91. The van der Waals surface area contributed by atoms with Crippen LogP contribution in [0.3, 0.4) is 0 Å². The van der Waals surface area contributed by atoms with Gasteiger partial charge in [-0.1, -0.05) is 37.6 Å². The monoisotopic (exact) mass is 297 g/mol. The Morgan fingerprint density at radius 1 is 1.36 bits per heavy atom. The van der Waals surface area contributed by atoms with Crippen LogP contribution in [0, 0.1) is 0 Å². The SMILES string of the molecule is CCCCC(=O)N1Cc2ccccc2C(c2cnn(C)c2)C1. The summed E-state index contributed by atoms with van der Waals surface area (Å²) < 4.78 is 1.83. The molecular formula is C18H23N3O. The first-order valence-electron chi connectivity index (χ1n) is 8.03. The van der Waals surface area contributed by atoms with E-state index < -0.39 is 0 Å². The zero-order valence-corrected chi connectivity index (χ0v) is 13.3. The van der Waals surface area contributed by atoms with Gasteiger partial charge in [-0.2, -0.15) is 5.10 Å². The first-order chi connectivity index (χ1) is 10.7. The number of benzene rings is 1. The van der Waals surface area contributed by atoms with Crippen molar-refractivity contribution < 1.29 is 4.79 Å². The number of aromatic nitrogens is 2. The number of amides is 1. The summed E-state index contributed by atoms with van der Waals surface area (Å²) in [6.45, 7) is 3.61. The number of aryl methyl sites for hydroxylation is 1. The lowest BCUT2D eigenvalue weighted by molar-refractivity contribution is -0.132. The Labute approximate surface area is 131 Å². The molecular weight excluding hydrogens is 274 g/mol. The normalized spacial score (nSPS) is 17.4. The highest BCUT2D eigenvalue weighted by molar-refractivity contribution is 5.76. The molecule has 0 N–H and O–H groups in total. The van der Waals surface area contributed by atoms with E-state index in [2.05, 4.69) is 42.5 Å². The van der Waals surface area contributed by atoms with Crippen LogP contribution >= 0.6 is 0 Å². The minimum atomic E-state index is 0.226. The van der Waals surface area contributed by atoms with E-state index in [-0.39, 0.29) is 11.8 Å². The zero-order chi connectivity index (χ0) is 15.5. The van der Waals surface area contributed by atoms with E-state index in [1.807, 2.05) is 22.8 Å². The quantitative estimate of drug-likeness (QED) is 0.870. The minimum absolute atomic E-state index is 0.226. The number of carbonyl (C=O) groups excluding carboxylic acids is 1. The van der Waals surface area contributed by atoms with Gasteiger partial charge in [0, 0.05) is 38.7 Å². The summed E-state index contributed by atoms with van der Waals surface area (Å²) >= 11 is 0. The van der Waals surface area contributed by atoms with Crippen molar-refractivity contribution in [3.05, 3.63) is 53.3 Å². The van der Waals surface area contributed by atoms with E-state index in [1.54, 1.807) is 0 Å². The third-order valence-electron chi connectivity index (χ3n) is 4.42. The highest BCUT2D eigenvalue weighted by Gasteiger charge is 2.29. The highest BCUT2D eigenvalue weighted by Crippen LogP contribution is 2.33. The van der Waals surface area contributed by atoms with Crippen LogP contribution in [-0.2, 0) is 18.4 Å². The van der Waals surface area contributed by atoms with Gasteiger partial charge < -0.3 is 4.90 Å². The second kappa shape index (κ2) is 6.34. The van der Waals surface area contributed by atoms with Crippen molar-refractivity contribution in [2.24, 2.45) is 7.05 Å². The van der Waals surface area contributed by atoms with Crippen LogP contribution in [0.25, 0.3) is 0 Å². The molecule has 1 aromatic carbocycles. The third-order valence-corrected chi connectivity index (χ3v) is 4.42. The molecule has 1 aromatic heterocycles. The smallest absolute Gasteiger partial charge is 0.222 e. The number of hydrogen-bond donors (Lipinski definition) is 0. The van der Waals surface area contributed by atoms with Crippen molar-refractivity contribution in [3.63, 3.8) is 0 Å². The van der Waals surface area contributed by atoms with Crippen LogP contribution in [0.15, 0.2) is 36.7 Å². The minimum Gasteiger partial charge on any atom is -0.337 e. The molecule has 4 heteroatoms. The summed E-state index contributed by atoms with van der Waals surface area (Å²) in [7, 11) is 1.93. The molecule has 0 spiro atoms. The summed E-state index contributed by atoms with van der Waals surface area (Å²) in [6.07, 6.45) is 6.65. The van der Waals surface area contributed by atoms with E-state index in [0.717, 1.165) is 25.9 Å². The molecule has 2 heterocycles. The second-order valence-electron chi connectivity index (χ2n) is 6.08. The topological polar surface area (TPSA) is 38.1 Å². The molecule has 1 aliphatic heterocycles. The first kappa shape index (κ1) is 14.8. The lowest BCUT2D eigenvalue weighted by atomic mass is 9.86. The fraction of sp³-hybridized carbons (Fsp3) is 0.444. The van der Waals surface area contributed by atoms with E-state index >= 15 is 0 Å². The van der Waals surface area contributed by atoms with Crippen molar-refractivity contribution in [3.8, 4) is 0 Å². The molecule has 22 heavy (non-hydrogen) atoms. The average molecular weight is 297 g/mol. The van der Waals surface area contributed by atoms with Gasteiger partial charge in [0.1, 0.15) is 0 Å². The van der Waals surface area contributed by atoms with Crippen LogP contribution in [0.5, 0.6) is 0 Å². The van der Waals surface area contributed by atoms with E-state index in [1.165, 1.54) is 16.7 Å². The lowest BCUT2D eigenvalue weighted by Crippen LogP contribution is -2.38. The molecule has 3 rings (SSSR count). The number of unbranched alkanes of at least 4 members (excludes halogenated alkanes) is 1. The summed E-state index contributed by atoms with van der Waals surface area (Å²) in [4.78, 5) is 14.5. The molecule has 116 valence electrons. The highest BCUT2D eigenvalue weighted by atomic mass is 16.2. The molecule has 0 aliphatic carbocycles. The van der Waals surface area contributed by atoms with E-state index in [0.29, 0.717) is 6.42 Å². The summed E-state index contributed by atoms with van der Waals surface area (Å²) in [5.41, 5.74) is 3.77. The van der Waals surface area contributed by atoms with Crippen LogP contribution in [0.4, 0.5) is 0 Å². The molecule has 1 aliphatic rings. The summed E-state index contributed by atoms with van der Waals surface area (Å²) in [6, 6.07) is 8.45. The Bertz CT molecular complexity index is 662. The zero-order valence-electron chi connectivity index (χ0n) is 13.3. The number of rotatable bonds is 4. The number of nitrogens with zero attached hydrogens (tertiary/aromatic N) is 3. The standard InChI is InChI=1S/C18H23N3O/c1-3-4-9-18(22)21-12-14-7-5-6-8-16(14)17(13-21)15-10-19-20(2)11-15/h5-8,10-11,17H,3-4,9,12-13H2,1-2H3. The molecule has 0 saturated heterocycles. The van der Waals surface area contributed by atoms with Gasteiger partial charge in [0.05, 0.1) is 6.20 Å². The largest absolute Gasteiger partial charge is 0.337 e. The Balaban J connectivity index is 1.90. The van der Waals surface area contributed by atoms with Crippen LogP contribution in [0.2, 0.25) is 0 Å². The van der Waals surface area contributed by atoms with Gasteiger partial charge >= 0.3 is 0 Å². The van der Waals surface area contributed by atoms with E-state index in [4.69, 9.17) is 0 Å². The molecule has 2 aromatic rings. The molecule has 0 fully saturated rings. The van der Waals surface area contributed by atoms with E-state index in [9.17, 15) is 4.79 Å². The number of carbonyl (C=O) groups is 1. The van der Waals surface area contributed by atoms with Crippen LogP contribution in [0.1, 0.15) is 48.8 Å².